The van der Waals surface area contributed by atoms with E-state index >= 15 is 0 Å². The summed E-state index contributed by atoms with van der Waals surface area (Å²) >= 11 is 0. The highest BCUT2D eigenvalue weighted by molar-refractivity contribution is 6.03. The van der Waals surface area contributed by atoms with Crippen LogP contribution in [0.5, 0.6) is 0 Å². The van der Waals surface area contributed by atoms with Crippen LogP contribution >= 0.6 is 0 Å². The van der Waals surface area contributed by atoms with E-state index in [-0.39, 0.29) is 5.91 Å². The molecule has 0 unspecified atom stereocenters. The van der Waals surface area contributed by atoms with Crippen molar-refractivity contribution in [1.82, 2.24) is 9.97 Å². The Labute approximate surface area is 98.7 Å². The first kappa shape index (κ1) is 11.2. The van der Waals surface area contributed by atoms with Crippen LogP contribution in [0.15, 0.2) is 42.9 Å². The zero-order valence-corrected chi connectivity index (χ0v) is 9.13. The van der Waals surface area contributed by atoms with Crippen LogP contribution < -0.4 is 11.1 Å². The number of carbonyl (C=O) groups is 1. The fourth-order valence-electron chi connectivity index (χ4n) is 1.30. The number of nitrogens with one attached hydrogen (secondary N) is 1. The van der Waals surface area contributed by atoms with Crippen molar-refractivity contribution in [3.05, 3.63) is 54.0 Å². The summed E-state index contributed by atoms with van der Waals surface area (Å²) in [6.07, 6.45) is 4.76. The van der Waals surface area contributed by atoms with Crippen molar-refractivity contribution < 1.29 is 4.79 Å². The predicted octanol–water partition coefficient (Wildman–Crippen LogP) is 1.19. The average Bonchev–Trinajstić information content (AvgIpc) is 2.40. The van der Waals surface area contributed by atoms with Gasteiger partial charge >= 0.3 is 0 Å². The van der Waals surface area contributed by atoms with E-state index in [1.165, 1.54) is 6.20 Å². The van der Waals surface area contributed by atoms with Crippen LogP contribution in [0.25, 0.3) is 0 Å². The summed E-state index contributed by atoms with van der Waals surface area (Å²) in [5.41, 5.74) is 6.87. The Kier molecular flexibility index (Phi) is 3.42. The lowest BCUT2D eigenvalue weighted by Gasteiger charge is -2.04. The lowest BCUT2D eigenvalue weighted by Crippen LogP contribution is -2.13. The first-order valence-electron chi connectivity index (χ1n) is 5.16. The van der Waals surface area contributed by atoms with Gasteiger partial charge in [-0.05, 0) is 23.8 Å². The van der Waals surface area contributed by atoms with Gasteiger partial charge in [-0.1, -0.05) is 6.07 Å². The van der Waals surface area contributed by atoms with Gasteiger partial charge in [0.2, 0.25) is 0 Å². The molecule has 5 nitrogen and oxygen atoms in total. The summed E-state index contributed by atoms with van der Waals surface area (Å²) in [6, 6.07) is 6.94. The highest BCUT2D eigenvalue weighted by Gasteiger charge is 2.05. The minimum absolute atomic E-state index is 0.230. The molecule has 0 atom stereocenters. The van der Waals surface area contributed by atoms with Crippen molar-refractivity contribution in [2.75, 3.05) is 5.32 Å². The number of hydrogen-bond acceptors (Lipinski definition) is 4. The van der Waals surface area contributed by atoms with Crippen LogP contribution in [0.3, 0.4) is 0 Å². The maximum atomic E-state index is 11.8. The molecule has 2 rings (SSSR count). The summed E-state index contributed by atoms with van der Waals surface area (Å²) in [6.45, 7) is 0.434. The molecule has 0 saturated carbocycles. The number of carbonyl (C=O) groups excluding carboxylic acids is 1. The number of hydrogen-bond donors (Lipinski definition) is 2. The maximum absolute atomic E-state index is 11.8. The lowest BCUT2D eigenvalue weighted by atomic mass is 10.2. The number of pyridine rings is 2. The zero-order chi connectivity index (χ0) is 12.1. The fourth-order valence-corrected chi connectivity index (χ4v) is 1.30. The zero-order valence-electron chi connectivity index (χ0n) is 9.13. The fraction of sp³-hybridized carbons (Fsp3) is 0.0833. The molecule has 17 heavy (non-hydrogen) atoms. The highest BCUT2D eigenvalue weighted by Crippen LogP contribution is 2.06. The van der Waals surface area contributed by atoms with Gasteiger partial charge in [-0.2, -0.15) is 0 Å². The first-order chi connectivity index (χ1) is 8.29. The van der Waals surface area contributed by atoms with Gasteiger partial charge in [0.15, 0.2) is 0 Å². The molecule has 0 saturated heterocycles. The Bertz CT molecular complexity index is 496. The third kappa shape index (κ3) is 2.85. The molecule has 0 aliphatic carbocycles. The molecular formula is C12H12N4O. The Morgan fingerprint density at radius 1 is 1.29 bits per heavy atom. The molecule has 0 aromatic carbocycles. The number of rotatable bonds is 3. The topological polar surface area (TPSA) is 80.9 Å². The highest BCUT2D eigenvalue weighted by atomic mass is 16.1. The Hall–Kier alpha value is -2.27. The second-order valence-corrected chi connectivity index (χ2v) is 3.45. The third-order valence-electron chi connectivity index (χ3n) is 2.23. The molecule has 2 heterocycles. The summed E-state index contributed by atoms with van der Waals surface area (Å²) < 4.78 is 0. The summed E-state index contributed by atoms with van der Waals surface area (Å²) in [7, 11) is 0. The van der Waals surface area contributed by atoms with E-state index in [2.05, 4.69) is 15.3 Å². The smallest absolute Gasteiger partial charge is 0.258 e. The van der Waals surface area contributed by atoms with E-state index in [1.807, 2.05) is 6.07 Å². The molecule has 1 amide bonds. The molecular weight excluding hydrogens is 216 g/mol. The van der Waals surface area contributed by atoms with Gasteiger partial charge in [0, 0.05) is 25.1 Å². The molecule has 3 N–H and O–H groups in total. The average molecular weight is 228 g/mol. The molecule has 0 aliphatic rings. The van der Waals surface area contributed by atoms with Gasteiger partial charge in [0.25, 0.3) is 5.91 Å². The van der Waals surface area contributed by atoms with E-state index in [0.717, 1.165) is 5.56 Å². The van der Waals surface area contributed by atoms with Gasteiger partial charge < -0.3 is 11.1 Å². The number of nitrogens with zero attached hydrogens (tertiary/aromatic N) is 2. The monoisotopic (exact) mass is 228 g/mol. The molecule has 0 bridgehead atoms. The quantitative estimate of drug-likeness (QED) is 0.826. The standard InChI is InChI=1S/C12H12N4O/c13-6-9-3-4-11(15-7-9)16-12(17)10-2-1-5-14-8-10/h1-5,7-8H,6,13H2,(H,15,16,17). The van der Waals surface area contributed by atoms with Crippen molar-refractivity contribution >= 4 is 11.7 Å². The minimum atomic E-state index is -0.230. The third-order valence-corrected chi connectivity index (χ3v) is 2.23. The van der Waals surface area contributed by atoms with Gasteiger partial charge in [0.1, 0.15) is 5.82 Å². The number of aromatic nitrogens is 2. The Morgan fingerprint density at radius 2 is 2.18 bits per heavy atom. The summed E-state index contributed by atoms with van der Waals surface area (Å²) in [4.78, 5) is 19.7. The molecule has 0 aliphatic heterocycles. The first-order valence-corrected chi connectivity index (χ1v) is 5.16. The van der Waals surface area contributed by atoms with Crippen molar-refractivity contribution in [2.45, 2.75) is 6.54 Å². The van der Waals surface area contributed by atoms with Crippen LogP contribution in [0.2, 0.25) is 0 Å². The van der Waals surface area contributed by atoms with Crippen molar-refractivity contribution in [3.8, 4) is 0 Å². The van der Waals surface area contributed by atoms with Gasteiger partial charge in [-0.25, -0.2) is 4.98 Å². The van der Waals surface area contributed by atoms with Crippen LogP contribution in [-0.4, -0.2) is 15.9 Å². The van der Waals surface area contributed by atoms with Crippen molar-refractivity contribution in [2.24, 2.45) is 5.73 Å². The van der Waals surface area contributed by atoms with E-state index in [9.17, 15) is 4.79 Å². The number of nitrogens with two attached hydrogens (primary N) is 1. The molecule has 2 aromatic rings. The second-order valence-electron chi connectivity index (χ2n) is 3.45. The molecule has 0 radical (unpaired) electrons. The molecule has 2 aromatic heterocycles. The van der Waals surface area contributed by atoms with Crippen LogP contribution in [-0.2, 0) is 6.54 Å². The summed E-state index contributed by atoms with van der Waals surface area (Å²) in [5, 5.41) is 2.68. The molecule has 86 valence electrons. The number of anilines is 1. The van der Waals surface area contributed by atoms with Crippen LogP contribution in [0.4, 0.5) is 5.82 Å². The maximum Gasteiger partial charge on any atom is 0.258 e. The molecule has 5 heteroatoms. The molecule has 0 fully saturated rings. The minimum Gasteiger partial charge on any atom is -0.326 e. The van der Waals surface area contributed by atoms with E-state index < -0.39 is 0 Å². The van der Waals surface area contributed by atoms with Crippen molar-refractivity contribution in [3.63, 3.8) is 0 Å². The van der Waals surface area contributed by atoms with Crippen LogP contribution in [0.1, 0.15) is 15.9 Å². The second kappa shape index (κ2) is 5.18. The normalized spacial score (nSPS) is 9.94. The van der Waals surface area contributed by atoms with Crippen molar-refractivity contribution in [1.29, 1.82) is 0 Å². The molecule has 0 spiro atoms. The SMILES string of the molecule is NCc1ccc(NC(=O)c2cccnc2)nc1. The lowest BCUT2D eigenvalue weighted by molar-refractivity contribution is 0.102. The number of amides is 1. The van der Waals surface area contributed by atoms with Gasteiger partial charge in [0.05, 0.1) is 5.56 Å². The Morgan fingerprint density at radius 3 is 2.76 bits per heavy atom. The van der Waals surface area contributed by atoms with Gasteiger partial charge in [-0.3, -0.25) is 9.78 Å². The largest absolute Gasteiger partial charge is 0.326 e. The van der Waals surface area contributed by atoms with E-state index in [0.29, 0.717) is 17.9 Å². The van der Waals surface area contributed by atoms with Crippen LogP contribution in [0, 0.1) is 0 Å². The Balaban J connectivity index is 2.08. The summed E-state index contributed by atoms with van der Waals surface area (Å²) in [5.74, 6) is 0.266. The van der Waals surface area contributed by atoms with E-state index in [4.69, 9.17) is 5.73 Å². The van der Waals surface area contributed by atoms with Gasteiger partial charge in [-0.15, -0.1) is 0 Å². The van der Waals surface area contributed by atoms with E-state index in [1.54, 1.807) is 30.6 Å². The predicted molar refractivity (Wildman–Crippen MR) is 64.3 cm³/mol.